The van der Waals surface area contributed by atoms with E-state index in [-0.39, 0.29) is 0 Å². The van der Waals surface area contributed by atoms with E-state index in [1.54, 1.807) is 0 Å². The molecule has 3 aromatic rings. The molecule has 0 spiro atoms. The smallest absolute Gasteiger partial charge is 0.0576 e. The molecule has 0 N–H and O–H groups in total. The van der Waals surface area contributed by atoms with Crippen molar-refractivity contribution in [3.63, 3.8) is 0 Å². The molecule has 0 atom stereocenters. The van der Waals surface area contributed by atoms with Gasteiger partial charge in [-0.25, -0.2) is 0 Å². The minimum atomic E-state index is 1.04. The summed E-state index contributed by atoms with van der Waals surface area (Å²) in [5, 5.41) is 4.71. The van der Waals surface area contributed by atoms with E-state index in [0.29, 0.717) is 0 Å². The van der Waals surface area contributed by atoms with Gasteiger partial charge in [-0.1, -0.05) is 18.2 Å². The minimum absolute atomic E-state index is 1.04. The summed E-state index contributed by atoms with van der Waals surface area (Å²) in [6.45, 7) is 0. The van der Waals surface area contributed by atoms with E-state index in [9.17, 15) is 0 Å². The third-order valence-electron chi connectivity index (χ3n) is 3.25. The lowest BCUT2D eigenvalue weighted by Crippen LogP contribution is -1.87. The molecule has 1 aromatic carbocycles. The van der Waals surface area contributed by atoms with Crippen LogP contribution in [0.4, 0.5) is 0 Å². The number of rotatable bonds is 0. The van der Waals surface area contributed by atoms with E-state index in [2.05, 4.69) is 45.4 Å². The van der Waals surface area contributed by atoms with Gasteiger partial charge in [0.1, 0.15) is 0 Å². The second-order valence-electron chi connectivity index (χ2n) is 4.17. The molecule has 0 saturated carbocycles. The lowest BCUT2D eigenvalue weighted by atomic mass is 10.1. The fraction of sp³-hybridized carbons (Fsp3) is 0.0714. The van der Waals surface area contributed by atoms with Crippen molar-refractivity contribution < 1.29 is 0 Å². The molecule has 0 amide bonds. The van der Waals surface area contributed by atoms with Crippen LogP contribution in [0.1, 0.15) is 5.56 Å². The molecule has 2 aromatic heterocycles. The average molecular weight is 238 g/mol. The quantitative estimate of drug-likeness (QED) is 0.591. The zero-order valence-electron chi connectivity index (χ0n) is 9.13. The van der Waals surface area contributed by atoms with Crippen molar-refractivity contribution in [1.82, 2.24) is 9.55 Å². The lowest BCUT2D eigenvalue weighted by molar-refractivity contribution is 1.26. The number of hydrogen-bond donors (Lipinski definition) is 0. The Bertz CT molecular complexity index is 755. The summed E-state index contributed by atoms with van der Waals surface area (Å²) >= 11 is 1.84. The highest BCUT2D eigenvalue weighted by Crippen LogP contribution is 2.34. The molecule has 0 bridgehead atoms. The van der Waals surface area contributed by atoms with Crippen molar-refractivity contribution in [3.8, 4) is 0 Å². The molecular formula is C14H10N2S. The standard InChI is InChI=1S/C14H10N2S/c1-2-10-9-17-7-6-16-13-4-5-15-8-12(13)11(3-1)14(10)16/h1-8H,9H2. The van der Waals surface area contributed by atoms with Gasteiger partial charge in [0, 0.05) is 35.1 Å². The maximum atomic E-state index is 4.24. The normalized spacial score (nSPS) is 14.4. The summed E-state index contributed by atoms with van der Waals surface area (Å²) in [5.74, 6) is 1.04. The molecule has 0 radical (unpaired) electrons. The van der Waals surface area contributed by atoms with Crippen molar-refractivity contribution in [2.24, 2.45) is 0 Å². The second kappa shape index (κ2) is 3.37. The zero-order valence-corrected chi connectivity index (χ0v) is 9.95. The third-order valence-corrected chi connectivity index (χ3v) is 4.05. The number of para-hydroxylation sites is 1. The summed E-state index contributed by atoms with van der Waals surface area (Å²) in [4.78, 5) is 4.24. The van der Waals surface area contributed by atoms with E-state index in [1.165, 1.54) is 27.4 Å². The Balaban J connectivity index is 2.35. The van der Waals surface area contributed by atoms with Crippen LogP contribution < -0.4 is 0 Å². The van der Waals surface area contributed by atoms with Gasteiger partial charge in [-0.2, -0.15) is 0 Å². The van der Waals surface area contributed by atoms with Crippen molar-refractivity contribution in [1.29, 1.82) is 0 Å². The summed E-state index contributed by atoms with van der Waals surface area (Å²) in [7, 11) is 0. The number of benzene rings is 1. The van der Waals surface area contributed by atoms with Crippen molar-refractivity contribution >= 4 is 39.8 Å². The molecule has 0 unspecified atom stereocenters. The van der Waals surface area contributed by atoms with Gasteiger partial charge in [-0.05, 0) is 17.0 Å². The van der Waals surface area contributed by atoms with Gasteiger partial charge in [-0.15, -0.1) is 11.8 Å². The first-order valence-corrected chi connectivity index (χ1v) is 6.64. The number of thioether (sulfide) groups is 1. The number of pyridine rings is 1. The molecule has 3 heterocycles. The summed E-state index contributed by atoms with van der Waals surface area (Å²) in [5.41, 5.74) is 3.96. The van der Waals surface area contributed by atoms with E-state index in [0.717, 1.165) is 5.75 Å². The molecule has 0 aliphatic carbocycles. The first-order valence-electron chi connectivity index (χ1n) is 5.59. The largest absolute Gasteiger partial charge is 0.315 e. The first-order chi connectivity index (χ1) is 8.45. The van der Waals surface area contributed by atoms with Crippen LogP contribution in [0.15, 0.2) is 42.1 Å². The molecule has 82 valence electrons. The molecule has 0 fully saturated rings. The maximum Gasteiger partial charge on any atom is 0.0576 e. The van der Waals surface area contributed by atoms with Crippen LogP contribution in [0.25, 0.3) is 28.0 Å². The van der Waals surface area contributed by atoms with Gasteiger partial charge in [0.05, 0.1) is 11.0 Å². The van der Waals surface area contributed by atoms with Gasteiger partial charge in [0.15, 0.2) is 0 Å². The van der Waals surface area contributed by atoms with Gasteiger partial charge in [0.2, 0.25) is 0 Å². The topological polar surface area (TPSA) is 17.8 Å². The molecule has 2 nitrogen and oxygen atoms in total. The second-order valence-corrected chi connectivity index (χ2v) is 5.07. The van der Waals surface area contributed by atoms with Crippen LogP contribution in [0.3, 0.4) is 0 Å². The monoisotopic (exact) mass is 238 g/mol. The molecule has 1 aliphatic heterocycles. The molecule has 17 heavy (non-hydrogen) atoms. The van der Waals surface area contributed by atoms with E-state index in [4.69, 9.17) is 0 Å². The maximum absolute atomic E-state index is 4.24. The Labute approximate surface area is 103 Å². The molecular weight excluding hydrogens is 228 g/mol. The van der Waals surface area contributed by atoms with E-state index < -0.39 is 0 Å². The van der Waals surface area contributed by atoms with Crippen molar-refractivity contribution in [3.05, 3.63) is 47.6 Å². The molecule has 4 rings (SSSR count). The zero-order chi connectivity index (χ0) is 11.2. The number of hydrogen-bond acceptors (Lipinski definition) is 2. The van der Waals surface area contributed by atoms with Gasteiger partial charge >= 0.3 is 0 Å². The number of fused-ring (bicyclic) bond motifs is 3. The van der Waals surface area contributed by atoms with Crippen LogP contribution >= 0.6 is 11.8 Å². The van der Waals surface area contributed by atoms with Crippen LogP contribution in [0.2, 0.25) is 0 Å². The minimum Gasteiger partial charge on any atom is -0.315 e. The predicted octanol–water partition coefficient (Wildman–Crippen LogP) is 3.86. The van der Waals surface area contributed by atoms with Crippen molar-refractivity contribution in [2.45, 2.75) is 5.75 Å². The van der Waals surface area contributed by atoms with Gasteiger partial charge < -0.3 is 4.57 Å². The third kappa shape index (κ3) is 1.20. The van der Waals surface area contributed by atoms with Crippen LogP contribution in [-0.4, -0.2) is 9.55 Å². The fourth-order valence-electron chi connectivity index (χ4n) is 2.53. The average Bonchev–Trinajstić information content (AvgIpc) is 2.56. The van der Waals surface area contributed by atoms with E-state index in [1.807, 2.05) is 24.2 Å². The van der Waals surface area contributed by atoms with Crippen molar-refractivity contribution in [2.75, 3.05) is 0 Å². The molecule has 0 saturated heterocycles. The van der Waals surface area contributed by atoms with Gasteiger partial charge in [-0.3, -0.25) is 4.98 Å². The summed E-state index contributed by atoms with van der Waals surface area (Å²) in [6, 6.07) is 8.62. The first kappa shape index (κ1) is 9.31. The van der Waals surface area contributed by atoms with Crippen LogP contribution in [-0.2, 0) is 5.75 Å². The number of nitrogens with zero attached hydrogens (tertiary/aromatic N) is 2. The van der Waals surface area contributed by atoms with Crippen LogP contribution in [0, 0.1) is 0 Å². The number of aromatic nitrogens is 2. The Morgan fingerprint density at radius 1 is 1.18 bits per heavy atom. The summed E-state index contributed by atoms with van der Waals surface area (Å²) < 4.78 is 2.28. The highest BCUT2D eigenvalue weighted by molar-refractivity contribution is 8.01. The van der Waals surface area contributed by atoms with E-state index >= 15 is 0 Å². The Hall–Kier alpha value is -1.74. The van der Waals surface area contributed by atoms with Crippen LogP contribution in [0.5, 0.6) is 0 Å². The SMILES string of the molecule is C1=Cn2c3ccncc3c3cccc(c32)CS1. The molecule has 3 heteroatoms. The lowest BCUT2D eigenvalue weighted by Gasteiger charge is -2.01. The Kier molecular flexibility index (Phi) is 1.85. The predicted molar refractivity (Wildman–Crippen MR) is 73.9 cm³/mol. The Morgan fingerprint density at radius 2 is 2.18 bits per heavy atom. The Morgan fingerprint density at radius 3 is 3.18 bits per heavy atom. The highest BCUT2D eigenvalue weighted by Gasteiger charge is 2.13. The van der Waals surface area contributed by atoms with Gasteiger partial charge in [0.25, 0.3) is 0 Å². The summed E-state index contributed by atoms with van der Waals surface area (Å²) in [6.07, 6.45) is 5.97. The highest BCUT2D eigenvalue weighted by atomic mass is 32.2. The molecule has 1 aliphatic rings. The fourth-order valence-corrected chi connectivity index (χ4v) is 3.25.